The van der Waals surface area contributed by atoms with Gasteiger partial charge in [-0.1, -0.05) is 18.2 Å². The number of nitrogens with zero attached hydrogens (tertiary/aromatic N) is 1. The molecule has 0 aliphatic carbocycles. The molecule has 1 aromatic carbocycles. The summed E-state index contributed by atoms with van der Waals surface area (Å²) in [7, 11) is 0. The predicted octanol–water partition coefficient (Wildman–Crippen LogP) is 3.65. The van der Waals surface area contributed by atoms with Gasteiger partial charge >= 0.3 is 0 Å². The first-order valence-electron chi connectivity index (χ1n) is 8.15. The van der Waals surface area contributed by atoms with Gasteiger partial charge < -0.3 is 15.7 Å². The molecule has 1 atom stereocenters. The van der Waals surface area contributed by atoms with E-state index < -0.39 is 17.2 Å². The third kappa shape index (κ3) is 6.48. The SMILES string of the molecule is CCNC(=NCC(C)(O)c1cccs1)NCCc1cccc(F)c1F.I. The maximum atomic E-state index is 13.7. The average Bonchev–Trinajstić information content (AvgIpc) is 3.12. The van der Waals surface area contributed by atoms with Crippen LogP contribution in [0.15, 0.2) is 40.7 Å². The Hall–Kier alpha value is -1.26. The van der Waals surface area contributed by atoms with Crippen LogP contribution in [0.1, 0.15) is 24.3 Å². The van der Waals surface area contributed by atoms with Crippen molar-refractivity contribution in [2.24, 2.45) is 4.99 Å². The zero-order valence-corrected chi connectivity index (χ0v) is 17.9. The van der Waals surface area contributed by atoms with Gasteiger partial charge in [0.15, 0.2) is 17.6 Å². The number of hydrogen-bond donors (Lipinski definition) is 3. The summed E-state index contributed by atoms with van der Waals surface area (Å²) < 4.78 is 26.9. The molecule has 3 N–H and O–H groups in total. The predicted molar refractivity (Wildman–Crippen MR) is 113 cm³/mol. The Labute approximate surface area is 173 Å². The molecule has 0 amide bonds. The van der Waals surface area contributed by atoms with Crippen LogP contribution in [0.3, 0.4) is 0 Å². The van der Waals surface area contributed by atoms with Crippen LogP contribution in [-0.2, 0) is 12.0 Å². The van der Waals surface area contributed by atoms with Crippen LogP contribution >= 0.6 is 35.3 Å². The molecule has 0 fully saturated rings. The maximum Gasteiger partial charge on any atom is 0.191 e. The van der Waals surface area contributed by atoms with Crippen molar-refractivity contribution < 1.29 is 13.9 Å². The highest BCUT2D eigenvalue weighted by Crippen LogP contribution is 2.25. The first-order valence-corrected chi connectivity index (χ1v) is 9.03. The van der Waals surface area contributed by atoms with Gasteiger partial charge in [0.2, 0.25) is 0 Å². The van der Waals surface area contributed by atoms with Crippen molar-refractivity contribution in [3.63, 3.8) is 0 Å². The van der Waals surface area contributed by atoms with Crippen LogP contribution in [0.25, 0.3) is 0 Å². The lowest BCUT2D eigenvalue weighted by atomic mass is 10.1. The highest BCUT2D eigenvalue weighted by Gasteiger charge is 2.24. The second-order valence-electron chi connectivity index (χ2n) is 5.84. The summed E-state index contributed by atoms with van der Waals surface area (Å²) in [5.41, 5.74) is -0.737. The number of benzene rings is 1. The van der Waals surface area contributed by atoms with Crippen LogP contribution in [-0.4, -0.2) is 30.7 Å². The van der Waals surface area contributed by atoms with Gasteiger partial charge in [-0.3, -0.25) is 0 Å². The van der Waals surface area contributed by atoms with Crippen LogP contribution in [0.2, 0.25) is 0 Å². The van der Waals surface area contributed by atoms with Crippen molar-refractivity contribution in [2.45, 2.75) is 25.9 Å². The Balaban J connectivity index is 0.00000338. The van der Waals surface area contributed by atoms with Gasteiger partial charge in [-0.25, -0.2) is 13.8 Å². The van der Waals surface area contributed by atoms with E-state index in [2.05, 4.69) is 15.6 Å². The third-order valence-electron chi connectivity index (χ3n) is 3.66. The monoisotopic (exact) mass is 495 g/mol. The van der Waals surface area contributed by atoms with Gasteiger partial charge in [-0.2, -0.15) is 0 Å². The second-order valence-corrected chi connectivity index (χ2v) is 6.78. The summed E-state index contributed by atoms with van der Waals surface area (Å²) in [6, 6.07) is 7.91. The maximum absolute atomic E-state index is 13.7. The topological polar surface area (TPSA) is 56.7 Å². The molecule has 1 heterocycles. The zero-order chi connectivity index (χ0) is 18.3. The van der Waals surface area contributed by atoms with E-state index in [-0.39, 0.29) is 30.5 Å². The van der Waals surface area contributed by atoms with Crippen molar-refractivity contribution in [1.82, 2.24) is 10.6 Å². The van der Waals surface area contributed by atoms with E-state index in [4.69, 9.17) is 0 Å². The summed E-state index contributed by atoms with van der Waals surface area (Å²) >= 11 is 1.48. The van der Waals surface area contributed by atoms with Crippen LogP contribution < -0.4 is 10.6 Å². The zero-order valence-electron chi connectivity index (χ0n) is 14.8. The van der Waals surface area contributed by atoms with Crippen molar-refractivity contribution in [3.8, 4) is 0 Å². The smallest absolute Gasteiger partial charge is 0.191 e. The van der Waals surface area contributed by atoms with E-state index >= 15 is 0 Å². The van der Waals surface area contributed by atoms with Crippen molar-refractivity contribution in [2.75, 3.05) is 19.6 Å². The van der Waals surface area contributed by atoms with Gasteiger partial charge in [0.1, 0.15) is 5.60 Å². The molecule has 0 aliphatic heterocycles. The number of guanidine groups is 1. The van der Waals surface area contributed by atoms with E-state index in [1.54, 1.807) is 13.0 Å². The molecule has 0 spiro atoms. The van der Waals surface area contributed by atoms with Gasteiger partial charge in [0.05, 0.1) is 6.54 Å². The quantitative estimate of drug-likeness (QED) is 0.313. The molecule has 0 bridgehead atoms. The third-order valence-corrected chi connectivity index (χ3v) is 4.78. The Morgan fingerprint density at radius 2 is 2.00 bits per heavy atom. The van der Waals surface area contributed by atoms with E-state index in [1.807, 2.05) is 24.4 Å². The fraction of sp³-hybridized carbons (Fsp3) is 0.389. The Kier molecular flexibility index (Phi) is 9.45. The molecule has 8 heteroatoms. The van der Waals surface area contributed by atoms with Crippen molar-refractivity contribution >= 4 is 41.3 Å². The number of aliphatic hydroxyl groups is 1. The fourth-order valence-electron chi connectivity index (χ4n) is 2.29. The number of hydrogen-bond acceptors (Lipinski definition) is 3. The Morgan fingerprint density at radius 3 is 2.65 bits per heavy atom. The molecule has 4 nitrogen and oxygen atoms in total. The lowest BCUT2D eigenvalue weighted by molar-refractivity contribution is 0.0711. The number of thiophene rings is 1. The summed E-state index contributed by atoms with van der Waals surface area (Å²) in [4.78, 5) is 5.24. The lowest BCUT2D eigenvalue weighted by Gasteiger charge is -2.20. The molecule has 2 rings (SSSR count). The summed E-state index contributed by atoms with van der Waals surface area (Å²) in [6.45, 7) is 4.89. The van der Waals surface area contributed by atoms with E-state index in [1.165, 1.54) is 17.4 Å². The number of aliphatic imine (C=N–C) groups is 1. The summed E-state index contributed by atoms with van der Waals surface area (Å²) in [5, 5.41) is 18.6. The molecule has 144 valence electrons. The highest BCUT2D eigenvalue weighted by atomic mass is 127. The molecule has 1 aromatic heterocycles. The molecular formula is C18H24F2IN3OS. The standard InChI is InChI=1S/C18H23F2N3OS.HI/c1-3-21-17(23-12-18(2,24)15-8-5-11-25-15)22-10-9-13-6-4-7-14(19)16(13)20;/h4-8,11,24H,3,9-10,12H2,1-2H3,(H2,21,22,23);1H. The van der Waals surface area contributed by atoms with Crippen LogP contribution in [0, 0.1) is 11.6 Å². The van der Waals surface area contributed by atoms with E-state index in [0.29, 0.717) is 31.0 Å². The number of rotatable bonds is 7. The fourth-order valence-corrected chi connectivity index (χ4v) is 3.07. The van der Waals surface area contributed by atoms with E-state index in [9.17, 15) is 13.9 Å². The normalized spacial score (nSPS) is 13.7. The van der Waals surface area contributed by atoms with Crippen LogP contribution in [0.5, 0.6) is 0 Å². The minimum atomic E-state index is -1.05. The van der Waals surface area contributed by atoms with Crippen molar-refractivity contribution in [3.05, 3.63) is 57.8 Å². The average molecular weight is 495 g/mol. The highest BCUT2D eigenvalue weighted by molar-refractivity contribution is 14.0. The van der Waals surface area contributed by atoms with Gasteiger partial charge in [-0.05, 0) is 43.3 Å². The lowest BCUT2D eigenvalue weighted by Crippen LogP contribution is -2.39. The molecule has 0 radical (unpaired) electrons. The van der Waals surface area contributed by atoms with Gasteiger partial charge in [0, 0.05) is 18.0 Å². The molecule has 1 unspecified atom stereocenters. The molecule has 2 aromatic rings. The Bertz CT molecular complexity index is 708. The summed E-state index contributed by atoms with van der Waals surface area (Å²) in [6.07, 6.45) is 0.329. The van der Waals surface area contributed by atoms with Gasteiger partial charge in [0.25, 0.3) is 0 Å². The summed E-state index contributed by atoms with van der Waals surface area (Å²) in [5.74, 6) is -1.13. The first kappa shape index (κ1) is 22.8. The largest absolute Gasteiger partial charge is 0.383 e. The number of halogens is 3. The molecule has 0 aliphatic rings. The van der Waals surface area contributed by atoms with Gasteiger partial charge in [-0.15, -0.1) is 35.3 Å². The van der Waals surface area contributed by atoms with Crippen molar-refractivity contribution in [1.29, 1.82) is 0 Å². The molecule has 0 saturated carbocycles. The number of nitrogens with one attached hydrogen (secondary N) is 2. The van der Waals surface area contributed by atoms with E-state index in [0.717, 1.165) is 10.9 Å². The Morgan fingerprint density at radius 1 is 1.23 bits per heavy atom. The first-order chi connectivity index (χ1) is 11.9. The molecule has 26 heavy (non-hydrogen) atoms. The minimum absolute atomic E-state index is 0. The molecular weight excluding hydrogens is 471 g/mol. The minimum Gasteiger partial charge on any atom is -0.383 e. The molecule has 0 saturated heterocycles. The second kappa shape index (κ2) is 10.8. The van der Waals surface area contributed by atoms with Crippen LogP contribution in [0.4, 0.5) is 8.78 Å².